The largest absolute Gasteiger partial charge is 0.457 e. The molecule has 120 valence electrons. The summed E-state index contributed by atoms with van der Waals surface area (Å²) in [4.78, 5) is 19.5. The number of carbonyl (C=O) groups is 1. The molecule has 0 aliphatic rings. The summed E-state index contributed by atoms with van der Waals surface area (Å²) in [5, 5.41) is 3.65. The van der Waals surface area contributed by atoms with E-state index < -0.39 is 0 Å². The number of hydrogen-bond acceptors (Lipinski definition) is 4. The van der Waals surface area contributed by atoms with Crippen LogP contribution in [0.3, 0.4) is 0 Å². The molecule has 0 fully saturated rings. The molecule has 0 atom stereocenters. The van der Waals surface area contributed by atoms with Gasteiger partial charge >= 0.3 is 0 Å². The summed E-state index contributed by atoms with van der Waals surface area (Å²) in [6.45, 7) is 0.320. The topological polar surface area (TPSA) is 70.9 Å². The Morgan fingerprint density at radius 3 is 2.96 bits per heavy atom. The fraction of sp³-hybridized carbons (Fsp3) is 0.0588. The van der Waals surface area contributed by atoms with Crippen molar-refractivity contribution in [2.75, 3.05) is 0 Å². The first-order chi connectivity index (χ1) is 11.7. The van der Waals surface area contributed by atoms with Gasteiger partial charge in [-0.1, -0.05) is 12.1 Å². The summed E-state index contributed by atoms with van der Waals surface area (Å²) in [6.07, 6.45) is 1.72. The lowest BCUT2D eigenvalue weighted by molar-refractivity contribution is 0.0943. The van der Waals surface area contributed by atoms with Gasteiger partial charge in [-0.25, -0.2) is 4.98 Å². The minimum absolute atomic E-state index is 0.182. The van der Waals surface area contributed by atoms with E-state index in [0.717, 1.165) is 19.7 Å². The molecule has 3 aromatic heterocycles. The predicted octanol–water partition coefficient (Wildman–Crippen LogP) is 4.58. The highest BCUT2D eigenvalue weighted by molar-refractivity contribution is 9.10. The van der Waals surface area contributed by atoms with Gasteiger partial charge in [-0.3, -0.25) is 4.79 Å². The first kappa shape index (κ1) is 15.2. The number of nitrogens with one attached hydrogen (secondary N) is 2. The smallest absolute Gasteiger partial charge is 0.268 e. The Morgan fingerprint density at radius 2 is 2.17 bits per heavy atom. The standard InChI is InChI=1S/C17H12BrN3O2S/c18-10-7-13(19-8-10)16(22)20-9-11-5-6-14(23-11)17-21-12-3-1-2-4-15(12)24-17/h1-8,19H,9H2,(H,20,22). The van der Waals surface area contributed by atoms with Gasteiger partial charge in [0.1, 0.15) is 11.5 Å². The Labute approximate surface area is 149 Å². The van der Waals surface area contributed by atoms with E-state index in [4.69, 9.17) is 4.42 Å². The summed E-state index contributed by atoms with van der Waals surface area (Å²) in [7, 11) is 0. The normalized spacial score (nSPS) is 11.0. The third kappa shape index (κ3) is 3.00. The molecule has 5 nitrogen and oxygen atoms in total. The fourth-order valence-corrected chi connectivity index (χ4v) is 3.60. The first-order valence-electron chi connectivity index (χ1n) is 7.26. The molecule has 2 N–H and O–H groups in total. The molecule has 0 bridgehead atoms. The van der Waals surface area contributed by atoms with E-state index in [1.807, 2.05) is 36.4 Å². The fourth-order valence-electron chi connectivity index (χ4n) is 2.33. The lowest BCUT2D eigenvalue weighted by Crippen LogP contribution is -2.22. The molecule has 0 unspecified atom stereocenters. The van der Waals surface area contributed by atoms with E-state index in [1.165, 1.54) is 0 Å². The number of aromatic amines is 1. The number of fused-ring (bicyclic) bond motifs is 1. The van der Waals surface area contributed by atoms with Gasteiger partial charge in [0.2, 0.25) is 0 Å². The van der Waals surface area contributed by atoms with Crippen LogP contribution in [-0.4, -0.2) is 15.9 Å². The minimum Gasteiger partial charge on any atom is -0.457 e. The van der Waals surface area contributed by atoms with Gasteiger partial charge in [-0.2, -0.15) is 0 Å². The molecule has 3 heterocycles. The molecule has 7 heteroatoms. The Morgan fingerprint density at radius 1 is 1.29 bits per heavy atom. The minimum atomic E-state index is -0.182. The van der Waals surface area contributed by atoms with Crippen LogP contribution in [0.4, 0.5) is 0 Å². The molecular weight excluding hydrogens is 390 g/mol. The van der Waals surface area contributed by atoms with Crippen molar-refractivity contribution in [1.29, 1.82) is 0 Å². The first-order valence-corrected chi connectivity index (χ1v) is 8.87. The number of carbonyl (C=O) groups excluding carboxylic acids is 1. The third-order valence-corrected chi connectivity index (χ3v) is 4.99. The van der Waals surface area contributed by atoms with E-state index in [0.29, 0.717) is 23.8 Å². The van der Waals surface area contributed by atoms with E-state index >= 15 is 0 Å². The van der Waals surface area contributed by atoms with Gasteiger partial charge in [-0.15, -0.1) is 11.3 Å². The zero-order chi connectivity index (χ0) is 16.5. The second kappa shape index (κ2) is 6.26. The number of halogens is 1. The van der Waals surface area contributed by atoms with E-state index in [-0.39, 0.29) is 5.91 Å². The molecule has 0 saturated heterocycles. The van der Waals surface area contributed by atoms with Gasteiger partial charge in [-0.05, 0) is 46.3 Å². The Bertz CT molecular complexity index is 985. The van der Waals surface area contributed by atoms with Crippen molar-refractivity contribution in [3.63, 3.8) is 0 Å². The van der Waals surface area contributed by atoms with E-state index in [2.05, 4.69) is 31.2 Å². The van der Waals surface area contributed by atoms with E-state index in [1.54, 1.807) is 23.6 Å². The van der Waals surface area contributed by atoms with Crippen molar-refractivity contribution >= 4 is 43.4 Å². The number of amides is 1. The molecule has 0 spiro atoms. The highest BCUT2D eigenvalue weighted by Gasteiger charge is 2.12. The number of furan rings is 1. The Kier molecular flexibility index (Phi) is 3.95. The molecular formula is C17H12BrN3O2S. The summed E-state index contributed by atoms with van der Waals surface area (Å²) < 4.78 is 7.76. The molecule has 0 saturated carbocycles. The maximum Gasteiger partial charge on any atom is 0.268 e. The average molecular weight is 402 g/mol. The maximum absolute atomic E-state index is 12.0. The van der Waals surface area contributed by atoms with Crippen molar-refractivity contribution in [1.82, 2.24) is 15.3 Å². The Balaban J connectivity index is 1.47. The van der Waals surface area contributed by atoms with Crippen LogP contribution in [0.15, 0.2) is 57.6 Å². The summed E-state index contributed by atoms with van der Waals surface area (Å²) in [6, 6.07) is 13.4. The van der Waals surface area contributed by atoms with Crippen LogP contribution in [0.1, 0.15) is 16.2 Å². The van der Waals surface area contributed by atoms with Crippen LogP contribution in [-0.2, 0) is 6.54 Å². The zero-order valence-corrected chi connectivity index (χ0v) is 14.8. The van der Waals surface area contributed by atoms with Crippen molar-refractivity contribution in [2.45, 2.75) is 6.54 Å². The summed E-state index contributed by atoms with van der Waals surface area (Å²) >= 11 is 4.89. The number of benzene rings is 1. The monoisotopic (exact) mass is 401 g/mol. The molecule has 0 aliphatic carbocycles. The number of nitrogens with zero attached hydrogens (tertiary/aromatic N) is 1. The molecule has 24 heavy (non-hydrogen) atoms. The Hall–Kier alpha value is -2.38. The summed E-state index contributed by atoms with van der Waals surface area (Å²) in [5.74, 6) is 1.21. The molecule has 0 aliphatic heterocycles. The van der Waals surface area contributed by atoms with Crippen molar-refractivity contribution in [3.05, 3.63) is 64.6 Å². The third-order valence-electron chi connectivity index (χ3n) is 3.48. The van der Waals surface area contributed by atoms with Crippen LogP contribution >= 0.6 is 27.3 Å². The quantitative estimate of drug-likeness (QED) is 0.525. The number of rotatable bonds is 4. The number of para-hydroxylation sites is 1. The van der Waals surface area contributed by atoms with Gasteiger partial charge in [0.05, 0.1) is 16.8 Å². The number of H-pyrrole nitrogens is 1. The van der Waals surface area contributed by atoms with Gasteiger partial charge in [0.15, 0.2) is 10.8 Å². The molecule has 4 aromatic rings. The highest BCUT2D eigenvalue weighted by Crippen LogP contribution is 2.31. The highest BCUT2D eigenvalue weighted by atomic mass is 79.9. The second-order valence-electron chi connectivity index (χ2n) is 5.17. The average Bonchev–Trinajstić information content (AvgIpc) is 3.31. The summed E-state index contributed by atoms with van der Waals surface area (Å²) in [5.41, 5.74) is 1.46. The molecule has 0 radical (unpaired) electrons. The van der Waals surface area contributed by atoms with Crippen LogP contribution in [0.2, 0.25) is 0 Å². The SMILES string of the molecule is O=C(NCc1ccc(-c2nc3ccccc3s2)o1)c1cc(Br)c[nH]1. The lowest BCUT2D eigenvalue weighted by atomic mass is 10.3. The van der Waals surface area contributed by atoms with Gasteiger partial charge in [0, 0.05) is 10.7 Å². The van der Waals surface area contributed by atoms with Crippen molar-refractivity contribution in [3.8, 4) is 10.8 Å². The van der Waals surface area contributed by atoms with Gasteiger partial charge < -0.3 is 14.7 Å². The second-order valence-corrected chi connectivity index (χ2v) is 7.11. The number of aromatic nitrogens is 2. The van der Waals surface area contributed by atoms with Crippen LogP contribution in [0.5, 0.6) is 0 Å². The van der Waals surface area contributed by atoms with Gasteiger partial charge in [0.25, 0.3) is 5.91 Å². The molecule has 1 aromatic carbocycles. The molecule has 4 rings (SSSR count). The van der Waals surface area contributed by atoms with Crippen LogP contribution in [0, 0.1) is 0 Å². The van der Waals surface area contributed by atoms with Crippen molar-refractivity contribution in [2.24, 2.45) is 0 Å². The van der Waals surface area contributed by atoms with Crippen LogP contribution in [0.25, 0.3) is 21.0 Å². The number of thiazole rings is 1. The van der Waals surface area contributed by atoms with Crippen LogP contribution < -0.4 is 5.32 Å². The maximum atomic E-state index is 12.0. The molecule has 1 amide bonds. The lowest BCUT2D eigenvalue weighted by Gasteiger charge is -2.00. The zero-order valence-electron chi connectivity index (χ0n) is 12.4. The van der Waals surface area contributed by atoms with Crippen molar-refractivity contribution < 1.29 is 9.21 Å². The predicted molar refractivity (Wildman–Crippen MR) is 97.0 cm³/mol. The van der Waals surface area contributed by atoms with E-state index in [9.17, 15) is 4.79 Å². The number of hydrogen-bond donors (Lipinski definition) is 2.